The number of carbonyl (C=O) groups is 1. The topological polar surface area (TPSA) is 90.0 Å². The molecule has 0 spiro atoms. The van der Waals surface area contributed by atoms with E-state index in [0.29, 0.717) is 17.2 Å². The van der Waals surface area contributed by atoms with E-state index in [1.54, 1.807) is 31.2 Å². The maximum absolute atomic E-state index is 14.2. The highest BCUT2D eigenvalue weighted by atomic mass is 32.1. The summed E-state index contributed by atoms with van der Waals surface area (Å²) in [6.45, 7) is 1.67. The lowest BCUT2D eigenvalue weighted by Gasteiger charge is -2.11. The van der Waals surface area contributed by atoms with Gasteiger partial charge in [-0.2, -0.15) is 5.10 Å². The summed E-state index contributed by atoms with van der Waals surface area (Å²) in [7, 11) is 0. The number of hydrogen-bond donors (Lipinski definition) is 1. The Morgan fingerprint density at radius 3 is 2.73 bits per heavy atom. The molecule has 5 rings (SSSR count). The minimum Gasteiger partial charge on any atom is -0.457 e. The number of amides is 1. The second-order valence-electron chi connectivity index (χ2n) is 7.30. The number of furan rings is 1. The first kappa shape index (κ1) is 20.8. The lowest BCUT2D eigenvalue weighted by Crippen LogP contribution is -2.31. The number of benzene rings is 2. The summed E-state index contributed by atoms with van der Waals surface area (Å²) in [6, 6.07) is 18.6. The van der Waals surface area contributed by atoms with Crippen LogP contribution in [0.5, 0.6) is 0 Å². The van der Waals surface area contributed by atoms with E-state index in [4.69, 9.17) is 4.42 Å². The van der Waals surface area contributed by atoms with Gasteiger partial charge in [0.25, 0.3) is 5.91 Å². The molecule has 5 aromatic rings. The van der Waals surface area contributed by atoms with Crippen molar-refractivity contribution in [3.8, 4) is 16.5 Å². The summed E-state index contributed by atoms with van der Waals surface area (Å²) in [5, 5.41) is 7.48. The SMILES string of the molecule is Cc1cc(=O)c(C(=O)NCc2ccc(-c3nc4ccccc4s3)o2)nn1-c1ccccc1F. The minimum atomic E-state index is -0.678. The number of nitrogens with zero attached hydrogens (tertiary/aromatic N) is 3. The fourth-order valence-corrected chi connectivity index (χ4v) is 4.32. The number of thiazole rings is 1. The molecule has 0 atom stereocenters. The predicted molar refractivity (Wildman–Crippen MR) is 123 cm³/mol. The Hall–Kier alpha value is -4.11. The molecule has 0 bridgehead atoms. The van der Waals surface area contributed by atoms with E-state index < -0.39 is 17.2 Å². The Kier molecular flexibility index (Phi) is 5.31. The van der Waals surface area contributed by atoms with E-state index in [-0.39, 0.29) is 17.9 Å². The molecule has 0 saturated heterocycles. The molecule has 9 heteroatoms. The first-order valence-electron chi connectivity index (χ1n) is 10.1. The van der Waals surface area contributed by atoms with Crippen LogP contribution in [0.25, 0.3) is 26.7 Å². The van der Waals surface area contributed by atoms with E-state index in [1.165, 1.54) is 34.2 Å². The molecule has 164 valence electrons. The van der Waals surface area contributed by atoms with Crippen LogP contribution in [0, 0.1) is 12.7 Å². The number of para-hydroxylation sites is 2. The van der Waals surface area contributed by atoms with Gasteiger partial charge < -0.3 is 9.73 Å². The van der Waals surface area contributed by atoms with Crippen LogP contribution in [0.2, 0.25) is 0 Å². The highest BCUT2D eigenvalue weighted by molar-refractivity contribution is 7.21. The van der Waals surface area contributed by atoms with Gasteiger partial charge in [-0.05, 0) is 43.3 Å². The predicted octanol–water partition coefficient (Wildman–Crippen LogP) is 4.48. The lowest BCUT2D eigenvalue weighted by molar-refractivity contribution is 0.0940. The van der Waals surface area contributed by atoms with Crippen LogP contribution >= 0.6 is 11.3 Å². The van der Waals surface area contributed by atoms with Gasteiger partial charge in [-0.15, -0.1) is 11.3 Å². The van der Waals surface area contributed by atoms with Crippen molar-refractivity contribution in [2.45, 2.75) is 13.5 Å². The molecule has 0 aliphatic rings. The molecular weight excluding hydrogens is 443 g/mol. The van der Waals surface area contributed by atoms with Crippen LogP contribution in [-0.2, 0) is 6.54 Å². The fourth-order valence-electron chi connectivity index (χ4n) is 3.39. The summed E-state index contributed by atoms with van der Waals surface area (Å²) >= 11 is 1.51. The van der Waals surface area contributed by atoms with E-state index in [0.717, 1.165) is 15.2 Å². The van der Waals surface area contributed by atoms with E-state index in [2.05, 4.69) is 15.4 Å². The zero-order valence-electron chi connectivity index (χ0n) is 17.4. The van der Waals surface area contributed by atoms with Gasteiger partial charge in [-0.3, -0.25) is 9.59 Å². The number of halogens is 1. The van der Waals surface area contributed by atoms with Gasteiger partial charge >= 0.3 is 0 Å². The second kappa shape index (κ2) is 8.44. The number of aryl methyl sites for hydroxylation is 1. The summed E-state index contributed by atoms with van der Waals surface area (Å²) in [4.78, 5) is 29.6. The monoisotopic (exact) mass is 460 g/mol. The Morgan fingerprint density at radius 2 is 1.91 bits per heavy atom. The van der Waals surface area contributed by atoms with Gasteiger partial charge in [-0.25, -0.2) is 14.1 Å². The second-order valence-corrected chi connectivity index (χ2v) is 8.33. The van der Waals surface area contributed by atoms with Crippen molar-refractivity contribution >= 4 is 27.5 Å². The smallest absolute Gasteiger partial charge is 0.276 e. The van der Waals surface area contributed by atoms with Gasteiger partial charge in [-0.1, -0.05) is 24.3 Å². The molecule has 0 aliphatic heterocycles. The molecule has 1 N–H and O–H groups in total. The van der Waals surface area contributed by atoms with E-state index in [9.17, 15) is 14.0 Å². The summed E-state index contributed by atoms with van der Waals surface area (Å²) in [6.07, 6.45) is 0. The molecule has 0 fully saturated rings. The Morgan fingerprint density at radius 1 is 1.12 bits per heavy atom. The van der Waals surface area contributed by atoms with E-state index >= 15 is 0 Å². The fraction of sp³-hybridized carbons (Fsp3) is 0.0833. The highest BCUT2D eigenvalue weighted by Crippen LogP contribution is 2.31. The van der Waals surface area contributed by atoms with Crippen molar-refractivity contribution in [3.63, 3.8) is 0 Å². The summed E-state index contributed by atoms with van der Waals surface area (Å²) < 4.78 is 22.3. The lowest BCUT2D eigenvalue weighted by atomic mass is 10.2. The largest absolute Gasteiger partial charge is 0.457 e. The van der Waals surface area contributed by atoms with Crippen molar-refractivity contribution in [1.29, 1.82) is 0 Å². The molecule has 0 radical (unpaired) electrons. The van der Waals surface area contributed by atoms with Crippen LogP contribution in [0.4, 0.5) is 4.39 Å². The highest BCUT2D eigenvalue weighted by Gasteiger charge is 2.17. The van der Waals surface area contributed by atoms with Gasteiger partial charge in [0.2, 0.25) is 5.43 Å². The van der Waals surface area contributed by atoms with Crippen molar-refractivity contribution < 1.29 is 13.6 Å². The zero-order valence-corrected chi connectivity index (χ0v) is 18.2. The number of hydrogen-bond acceptors (Lipinski definition) is 6. The Bertz CT molecular complexity index is 1520. The third kappa shape index (κ3) is 4.06. The van der Waals surface area contributed by atoms with Crippen LogP contribution in [-0.4, -0.2) is 20.7 Å². The van der Waals surface area contributed by atoms with Crippen LogP contribution in [0.15, 0.2) is 75.9 Å². The average Bonchev–Trinajstić information content (AvgIpc) is 3.45. The van der Waals surface area contributed by atoms with Crippen LogP contribution in [0.1, 0.15) is 21.9 Å². The van der Waals surface area contributed by atoms with Crippen molar-refractivity contribution in [1.82, 2.24) is 20.1 Å². The van der Waals surface area contributed by atoms with Gasteiger partial charge in [0, 0.05) is 11.8 Å². The quantitative estimate of drug-likeness (QED) is 0.418. The third-order valence-corrected chi connectivity index (χ3v) is 6.04. The number of fused-ring (bicyclic) bond motifs is 1. The maximum Gasteiger partial charge on any atom is 0.276 e. The Labute approximate surface area is 191 Å². The first-order chi connectivity index (χ1) is 16.0. The zero-order chi connectivity index (χ0) is 22.9. The summed E-state index contributed by atoms with van der Waals surface area (Å²) in [5.41, 5.74) is 0.568. The molecule has 2 aromatic carbocycles. The minimum absolute atomic E-state index is 0.0540. The average molecular weight is 460 g/mol. The standard InChI is InChI=1S/C24H17FN4O3S/c1-14-12-19(30)22(28-29(14)18-8-4-2-6-16(18)25)23(31)26-13-15-10-11-20(32-15)24-27-17-7-3-5-9-21(17)33-24/h2-12H,13H2,1H3,(H,26,31). The molecule has 0 unspecified atom stereocenters. The molecule has 3 heterocycles. The molecule has 1 amide bonds. The normalized spacial score (nSPS) is 11.1. The third-order valence-electron chi connectivity index (χ3n) is 4.99. The maximum atomic E-state index is 14.2. The number of rotatable bonds is 5. The molecule has 0 saturated carbocycles. The molecule has 33 heavy (non-hydrogen) atoms. The number of aromatic nitrogens is 3. The van der Waals surface area contributed by atoms with Crippen molar-refractivity contribution in [2.75, 3.05) is 0 Å². The van der Waals surface area contributed by atoms with Crippen LogP contribution < -0.4 is 10.7 Å². The van der Waals surface area contributed by atoms with Crippen molar-refractivity contribution in [2.24, 2.45) is 0 Å². The summed E-state index contributed by atoms with van der Waals surface area (Å²) in [5.74, 6) is -0.0981. The molecule has 3 aromatic heterocycles. The van der Waals surface area contributed by atoms with Crippen LogP contribution in [0.3, 0.4) is 0 Å². The molecule has 0 aliphatic carbocycles. The molecule has 7 nitrogen and oxygen atoms in total. The van der Waals surface area contributed by atoms with Gasteiger partial charge in [0.05, 0.1) is 16.8 Å². The van der Waals surface area contributed by atoms with E-state index in [1.807, 2.05) is 24.3 Å². The van der Waals surface area contributed by atoms with Gasteiger partial charge in [0.15, 0.2) is 16.5 Å². The molecular formula is C24H17FN4O3S. The van der Waals surface area contributed by atoms with Gasteiger partial charge in [0.1, 0.15) is 17.3 Å². The first-order valence-corrected chi connectivity index (χ1v) is 10.9. The number of nitrogens with one attached hydrogen (secondary N) is 1. The Balaban J connectivity index is 1.35. The number of carbonyl (C=O) groups excluding carboxylic acids is 1. The van der Waals surface area contributed by atoms with Crippen molar-refractivity contribution in [3.05, 3.63) is 99.9 Å².